The van der Waals surface area contributed by atoms with Crippen LogP contribution in [0.5, 0.6) is 0 Å². The van der Waals surface area contributed by atoms with Crippen molar-refractivity contribution in [2.75, 3.05) is 0 Å². The molecule has 1 heterocycles. The average molecular weight is 272 g/mol. The molecule has 1 aromatic carbocycles. The van der Waals surface area contributed by atoms with Crippen LogP contribution in [0.4, 0.5) is 0 Å². The Morgan fingerprint density at radius 2 is 2.10 bits per heavy atom. The van der Waals surface area contributed by atoms with Crippen molar-refractivity contribution in [2.45, 2.75) is 39.0 Å². The van der Waals surface area contributed by atoms with E-state index in [9.17, 15) is 4.79 Å². The molecule has 0 aliphatic heterocycles. The van der Waals surface area contributed by atoms with Crippen LogP contribution >= 0.6 is 0 Å². The van der Waals surface area contributed by atoms with Crippen LogP contribution < -0.4 is 5.69 Å². The van der Waals surface area contributed by atoms with Crippen molar-refractivity contribution in [3.63, 3.8) is 0 Å². The lowest BCUT2D eigenvalue weighted by atomic mass is 10.1. The summed E-state index contributed by atoms with van der Waals surface area (Å²) in [4.78, 5) is 11.7. The van der Waals surface area contributed by atoms with E-state index in [0.717, 1.165) is 18.4 Å². The Kier molecular flexibility index (Phi) is 5.29. The number of rotatable bonds is 7. The van der Waals surface area contributed by atoms with E-state index in [4.69, 9.17) is 0 Å². The number of hydrogen-bond acceptors (Lipinski definition) is 3. The molecule has 20 heavy (non-hydrogen) atoms. The minimum Gasteiger partial charge on any atom is -0.244 e. The van der Waals surface area contributed by atoms with Crippen molar-refractivity contribution >= 4 is 6.21 Å². The zero-order valence-electron chi connectivity index (χ0n) is 11.7. The van der Waals surface area contributed by atoms with E-state index in [2.05, 4.69) is 22.2 Å². The zero-order chi connectivity index (χ0) is 14.2. The van der Waals surface area contributed by atoms with Gasteiger partial charge >= 0.3 is 5.69 Å². The third-order valence-electron chi connectivity index (χ3n) is 3.06. The first-order valence-electron chi connectivity index (χ1n) is 7.04. The number of aromatic amines is 1. The van der Waals surface area contributed by atoms with Gasteiger partial charge in [0.2, 0.25) is 0 Å². The van der Waals surface area contributed by atoms with Gasteiger partial charge in [0.05, 0.1) is 0 Å². The fraction of sp³-hybridized carbons (Fsp3) is 0.400. The summed E-state index contributed by atoms with van der Waals surface area (Å²) in [6.45, 7) is 2.16. The van der Waals surface area contributed by atoms with E-state index < -0.39 is 0 Å². The summed E-state index contributed by atoms with van der Waals surface area (Å²) in [7, 11) is 0. The molecule has 0 atom stereocenters. The van der Waals surface area contributed by atoms with Gasteiger partial charge in [-0.25, -0.2) is 9.89 Å². The normalized spacial score (nSPS) is 11.2. The molecule has 0 fully saturated rings. The van der Waals surface area contributed by atoms with Crippen LogP contribution in [0, 0.1) is 0 Å². The van der Waals surface area contributed by atoms with Crippen LogP contribution in [0.1, 0.15) is 44.0 Å². The molecule has 0 radical (unpaired) electrons. The van der Waals surface area contributed by atoms with Gasteiger partial charge in [0, 0.05) is 12.6 Å². The van der Waals surface area contributed by atoms with Crippen LogP contribution in [0.15, 0.2) is 40.2 Å². The maximum Gasteiger partial charge on any atom is 0.364 e. The predicted octanol–water partition coefficient (Wildman–Crippen LogP) is 2.58. The molecule has 0 unspecified atom stereocenters. The summed E-state index contributed by atoms with van der Waals surface area (Å²) < 4.78 is 1.35. The lowest BCUT2D eigenvalue weighted by molar-refractivity contribution is 0.733. The van der Waals surface area contributed by atoms with Gasteiger partial charge in [-0.3, -0.25) is 0 Å². The van der Waals surface area contributed by atoms with Crippen LogP contribution in [0.25, 0.3) is 0 Å². The molecule has 2 aromatic rings. The topological polar surface area (TPSA) is 63.0 Å². The summed E-state index contributed by atoms with van der Waals surface area (Å²) in [6, 6.07) is 9.92. The Morgan fingerprint density at radius 1 is 1.30 bits per heavy atom. The Bertz CT molecular complexity index is 598. The fourth-order valence-electron chi connectivity index (χ4n) is 1.96. The van der Waals surface area contributed by atoms with Crippen molar-refractivity contribution in [1.29, 1.82) is 0 Å². The standard InChI is InChI=1S/C15H20N4O/c1-2-3-4-8-11-16-19-14(17-18-15(19)20)12-13-9-6-5-7-10-13/h5-7,9-11H,2-4,8,12H2,1H3,(H,18,20)/b16-11+. The highest BCUT2D eigenvalue weighted by molar-refractivity contribution is 5.56. The molecule has 0 bridgehead atoms. The molecule has 5 nitrogen and oxygen atoms in total. The van der Waals surface area contributed by atoms with Gasteiger partial charge in [-0.05, 0) is 18.4 Å². The third-order valence-corrected chi connectivity index (χ3v) is 3.06. The number of aromatic nitrogens is 3. The second-order valence-corrected chi connectivity index (χ2v) is 4.71. The molecule has 1 N–H and O–H groups in total. The van der Waals surface area contributed by atoms with Gasteiger partial charge in [-0.15, -0.1) is 0 Å². The Hall–Kier alpha value is -2.17. The molecule has 0 amide bonds. The Balaban J connectivity index is 2.06. The Morgan fingerprint density at radius 3 is 2.85 bits per heavy atom. The fourth-order valence-corrected chi connectivity index (χ4v) is 1.96. The smallest absolute Gasteiger partial charge is 0.244 e. The average Bonchev–Trinajstić information content (AvgIpc) is 2.81. The molecular weight excluding hydrogens is 252 g/mol. The number of benzene rings is 1. The van der Waals surface area contributed by atoms with Gasteiger partial charge < -0.3 is 0 Å². The van der Waals surface area contributed by atoms with E-state index in [-0.39, 0.29) is 5.69 Å². The first kappa shape index (κ1) is 14.2. The van der Waals surface area contributed by atoms with Gasteiger partial charge in [0.15, 0.2) is 5.82 Å². The molecule has 5 heteroatoms. The predicted molar refractivity (Wildman–Crippen MR) is 80.1 cm³/mol. The van der Waals surface area contributed by atoms with Gasteiger partial charge in [0.25, 0.3) is 0 Å². The maximum absolute atomic E-state index is 11.7. The lowest BCUT2D eigenvalue weighted by Crippen LogP contribution is -2.15. The first-order valence-corrected chi connectivity index (χ1v) is 7.04. The van der Waals surface area contributed by atoms with Crippen LogP contribution in [0.3, 0.4) is 0 Å². The lowest BCUT2D eigenvalue weighted by Gasteiger charge is -2.00. The van der Waals surface area contributed by atoms with E-state index in [1.165, 1.54) is 17.5 Å². The van der Waals surface area contributed by atoms with Crippen LogP contribution in [-0.2, 0) is 6.42 Å². The number of hydrogen-bond donors (Lipinski definition) is 1. The number of unbranched alkanes of at least 4 members (excludes halogenated alkanes) is 3. The summed E-state index contributed by atoms with van der Waals surface area (Å²) in [5, 5.41) is 10.7. The molecule has 0 aliphatic rings. The third kappa shape index (κ3) is 3.91. The van der Waals surface area contributed by atoms with Crippen LogP contribution in [0.2, 0.25) is 0 Å². The van der Waals surface area contributed by atoms with E-state index >= 15 is 0 Å². The molecule has 0 saturated heterocycles. The molecule has 1 aromatic heterocycles. The number of nitrogens with one attached hydrogen (secondary N) is 1. The summed E-state index contributed by atoms with van der Waals surface area (Å²) in [5.41, 5.74) is 0.816. The second kappa shape index (κ2) is 7.43. The highest BCUT2D eigenvalue weighted by Crippen LogP contribution is 2.05. The number of H-pyrrole nitrogens is 1. The molecule has 0 aliphatic carbocycles. The first-order chi connectivity index (χ1) is 9.81. The summed E-state index contributed by atoms with van der Waals surface area (Å²) >= 11 is 0. The van der Waals surface area contributed by atoms with Crippen LogP contribution in [-0.4, -0.2) is 21.1 Å². The SMILES string of the molecule is CCCCC/C=N/n1c(Cc2ccccc2)n[nH]c1=O. The van der Waals surface area contributed by atoms with Crippen molar-refractivity contribution in [1.82, 2.24) is 14.9 Å². The largest absolute Gasteiger partial charge is 0.364 e. The minimum absolute atomic E-state index is 0.289. The molecule has 2 rings (SSSR count). The second-order valence-electron chi connectivity index (χ2n) is 4.71. The molecule has 0 saturated carbocycles. The van der Waals surface area contributed by atoms with E-state index in [0.29, 0.717) is 12.2 Å². The van der Waals surface area contributed by atoms with Gasteiger partial charge in [-0.1, -0.05) is 50.1 Å². The van der Waals surface area contributed by atoms with E-state index in [1.54, 1.807) is 6.21 Å². The summed E-state index contributed by atoms with van der Waals surface area (Å²) in [6.07, 6.45) is 6.73. The quantitative estimate of drug-likeness (QED) is 0.622. The monoisotopic (exact) mass is 272 g/mol. The summed E-state index contributed by atoms with van der Waals surface area (Å²) in [5.74, 6) is 0.632. The molecule has 0 spiro atoms. The van der Waals surface area contributed by atoms with Gasteiger partial charge in [0.1, 0.15) is 0 Å². The minimum atomic E-state index is -0.289. The highest BCUT2D eigenvalue weighted by atomic mass is 16.2. The Labute approximate surface area is 118 Å². The van der Waals surface area contributed by atoms with Crippen molar-refractivity contribution in [3.05, 3.63) is 52.2 Å². The van der Waals surface area contributed by atoms with Gasteiger partial charge in [-0.2, -0.15) is 14.9 Å². The van der Waals surface area contributed by atoms with Crippen molar-refractivity contribution < 1.29 is 0 Å². The maximum atomic E-state index is 11.7. The van der Waals surface area contributed by atoms with Crippen molar-refractivity contribution in [3.8, 4) is 0 Å². The molecule has 106 valence electrons. The van der Waals surface area contributed by atoms with Crippen molar-refractivity contribution in [2.24, 2.45) is 5.10 Å². The zero-order valence-corrected chi connectivity index (χ0v) is 11.7. The number of nitrogens with zero attached hydrogens (tertiary/aromatic N) is 3. The highest BCUT2D eigenvalue weighted by Gasteiger charge is 2.07. The van der Waals surface area contributed by atoms with E-state index in [1.807, 2.05) is 30.3 Å². The molecular formula is C15H20N4O.